The van der Waals surface area contributed by atoms with Crippen LogP contribution in [0.4, 0.5) is 0 Å². The molecule has 4 rings (SSSR count). The lowest BCUT2D eigenvalue weighted by Crippen LogP contribution is -2.50. The van der Waals surface area contributed by atoms with E-state index in [2.05, 4.69) is 35.7 Å². The molecule has 1 aromatic heterocycles. The standard InChI is InChI=1S/C28H35N3O4/c1-19-15-31(20(2)18-32)28(33)25-13-23(8-5-21-9-11-24(34-4)12-10-21)14-29-27(25)35-26(19)17-30(3)16-22-6-7-22/h9-14,19-20,22,26,32H,6-7,15-18H2,1-4H3/t19-,20-,26-/m0/s1. The number of aliphatic hydroxyl groups excluding tert-OH is 1. The van der Waals surface area contributed by atoms with E-state index in [0.717, 1.165) is 30.3 Å². The van der Waals surface area contributed by atoms with Gasteiger partial charge in [0.25, 0.3) is 5.91 Å². The topological polar surface area (TPSA) is 75.1 Å². The number of fused-ring (bicyclic) bond motifs is 1. The summed E-state index contributed by atoms with van der Waals surface area (Å²) in [5.41, 5.74) is 1.85. The lowest BCUT2D eigenvalue weighted by atomic mass is 9.99. The predicted octanol–water partition coefficient (Wildman–Crippen LogP) is 3.05. The first-order chi connectivity index (χ1) is 16.9. The van der Waals surface area contributed by atoms with Crippen molar-refractivity contribution in [3.63, 3.8) is 0 Å². The number of pyridine rings is 1. The summed E-state index contributed by atoms with van der Waals surface area (Å²) in [5.74, 6) is 7.99. The molecule has 1 fully saturated rings. The van der Waals surface area contributed by atoms with Crippen molar-refractivity contribution in [3.8, 4) is 23.5 Å². The van der Waals surface area contributed by atoms with Crippen molar-refractivity contribution >= 4 is 5.91 Å². The fourth-order valence-electron chi connectivity index (χ4n) is 4.33. The average molecular weight is 478 g/mol. The second kappa shape index (κ2) is 11.1. The van der Waals surface area contributed by atoms with Gasteiger partial charge < -0.3 is 24.4 Å². The number of carbonyl (C=O) groups excluding carboxylic acids is 1. The number of rotatable bonds is 7. The number of aliphatic hydroxyl groups is 1. The molecule has 0 unspecified atom stereocenters. The third-order valence-electron chi connectivity index (χ3n) is 6.72. The Morgan fingerprint density at radius 1 is 1.23 bits per heavy atom. The number of amides is 1. The Bertz CT molecular complexity index is 1090. The van der Waals surface area contributed by atoms with E-state index in [4.69, 9.17) is 9.47 Å². The highest BCUT2D eigenvalue weighted by atomic mass is 16.5. The monoisotopic (exact) mass is 477 g/mol. The molecule has 186 valence electrons. The molecule has 2 aromatic rings. The Hall–Kier alpha value is -3.08. The number of ether oxygens (including phenoxy) is 2. The molecule has 1 aliphatic carbocycles. The molecule has 7 heteroatoms. The van der Waals surface area contributed by atoms with Crippen LogP contribution in [0.3, 0.4) is 0 Å². The SMILES string of the molecule is COc1ccc(C#Cc2cnc3c(c2)C(=O)N([C@@H](C)CO)C[C@H](C)[C@H](CN(C)CC2CC2)O3)cc1. The number of hydrogen-bond donors (Lipinski definition) is 1. The minimum atomic E-state index is -0.310. The first-order valence-corrected chi connectivity index (χ1v) is 12.3. The van der Waals surface area contributed by atoms with E-state index in [-0.39, 0.29) is 30.6 Å². The Kier molecular flexibility index (Phi) is 7.94. The maximum absolute atomic E-state index is 13.5. The van der Waals surface area contributed by atoms with E-state index in [1.165, 1.54) is 12.8 Å². The van der Waals surface area contributed by atoms with Crippen molar-refractivity contribution in [2.24, 2.45) is 11.8 Å². The normalized spacial score (nSPS) is 20.7. The van der Waals surface area contributed by atoms with Crippen LogP contribution >= 0.6 is 0 Å². The molecule has 1 saturated carbocycles. The van der Waals surface area contributed by atoms with Gasteiger partial charge in [0.15, 0.2) is 0 Å². The maximum atomic E-state index is 13.5. The Balaban J connectivity index is 1.62. The van der Waals surface area contributed by atoms with Crippen LogP contribution in [0.5, 0.6) is 11.6 Å². The molecule has 1 aromatic carbocycles. The summed E-state index contributed by atoms with van der Waals surface area (Å²) in [5, 5.41) is 9.84. The average Bonchev–Trinajstić information content (AvgIpc) is 3.68. The second-order valence-corrected chi connectivity index (χ2v) is 9.84. The summed E-state index contributed by atoms with van der Waals surface area (Å²) in [7, 11) is 3.75. The summed E-state index contributed by atoms with van der Waals surface area (Å²) >= 11 is 0. The molecule has 3 atom stereocenters. The number of hydrogen-bond acceptors (Lipinski definition) is 6. The molecule has 7 nitrogen and oxygen atoms in total. The number of likely N-dealkylation sites (N-methyl/N-ethyl adjacent to an activating group) is 1. The van der Waals surface area contributed by atoms with Gasteiger partial charge in [-0.15, -0.1) is 0 Å². The molecule has 2 heterocycles. The number of methoxy groups -OCH3 is 1. The van der Waals surface area contributed by atoms with E-state index in [1.54, 1.807) is 24.3 Å². The van der Waals surface area contributed by atoms with E-state index >= 15 is 0 Å². The van der Waals surface area contributed by atoms with Crippen LogP contribution in [-0.2, 0) is 0 Å². The maximum Gasteiger partial charge on any atom is 0.259 e. The molecule has 0 radical (unpaired) electrons. The summed E-state index contributed by atoms with van der Waals surface area (Å²) in [4.78, 5) is 22.1. The van der Waals surface area contributed by atoms with Crippen LogP contribution in [-0.4, -0.2) is 78.3 Å². The quantitative estimate of drug-likeness (QED) is 0.618. The number of benzene rings is 1. The highest BCUT2D eigenvalue weighted by Crippen LogP contribution is 2.31. The minimum absolute atomic E-state index is 0.0825. The summed E-state index contributed by atoms with van der Waals surface area (Å²) in [6.07, 6.45) is 4.13. The fourth-order valence-corrected chi connectivity index (χ4v) is 4.33. The number of aromatic nitrogens is 1. The van der Waals surface area contributed by atoms with Crippen molar-refractivity contribution in [1.29, 1.82) is 0 Å². The zero-order valence-corrected chi connectivity index (χ0v) is 21.0. The lowest BCUT2D eigenvalue weighted by Gasteiger charge is -2.37. The first kappa shape index (κ1) is 25.0. The number of nitrogens with zero attached hydrogens (tertiary/aromatic N) is 3. The van der Waals surface area contributed by atoms with Gasteiger partial charge in [0, 0.05) is 42.9 Å². The number of carbonyl (C=O) groups is 1. The van der Waals surface area contributed by atoms with Crippen molar-refractivity contribution in [3.05, 3.63) is 53.2 Å². The van der Waals surface area contributed by atoms with Gasteiger partial charge in [0.1, 0.15) is 17.4 Å². The molecule has 1 amide bonds. The molecule has 1 N–H and O–H groups in total. The third-order valence-corrected chi connectivity index (χ3v) is 6.72. The molecule has 1 aliphatic heterocycles. The Morgan fingerprint density at radius 3 is 2.60 bits per heavy atom. The van der Waals surface area contributed by atoms with Crippen molar-refractivity contribution in [1.82, 2.24) is 14.8 Å². The van der Waals surface area contributed by atoms with Gasteiger partial charge in [-0.3, -0.25) is 4.79 Å². The molecular weight excluding hydrogens is 442 g/mol. The zero-order valence-electron chi connectivity index (χ0n) is 21.0. The van der Waals surface area contributed by atoms with Gasteiger partial charge >= 0.3 is 0 Å². The third kappa shape index (κ3) is 6.33. The van der Waals surface area contributed by atoms with Crippen LogP contribution < -0.4 is 9.47 Å². The lowest BCUT2D eigenvalue weighted by molar-refractivity contribution is 0.0327. The van der Waals surface area contributed by atoms with Crippen molar-refractivity contribution in [2.45, 2.75) is 38.8 Å². The van der Waals surface area contributed by atoms with Crippen LogP contribution in [0.1, 0.15) is 48.2 Å². The Morgan fingerprint density at radius 2 is 1.94 bits per heavy atom. The van der Waals surface area contributed by atoms with Crippen LogP contribution in [0.15, 0.2) is 36.5 Å². The van der Waals surface area contributed by atoms with E-state index in [1.807, 2.05) is 31.2 Å². The molecule has 0 spiro atoms. The van der Waals surface area contributed by atoms with Gasteiger partial charge in [0.2, 0.25) is 5.88 Å². The van der Waals surface area contributed by atoms with Crippen LogP contribution in [0.25, 0.3) is 0 Å². The highest BCUT2D eigenvalue weighted by molar-refractivity contribution is 5.97. The minimum Gasteiger partial charge on any atom is -0.497 e. The zero-order chi connectivity index (χ0) is 24.9. The van der Waals surface area contributed by atoms with Gasteiger partial charge in [-0.25, -0.2) is 4.98 Å². The molecule has 0 bridgehead atoms. The van der Waals surface area contributed by atoms with E-state index in [9.17, 15) is 9.90 Å². The second-order valence-electron chi connectivity index (χ2n) is 9.84. The van der Waals surface area contributed by atoms with Gasteiger partial charge in [-0.05, 0) is 63.1 Å². The summed E-state index contributed by atoms with van der Waals surface area (Å²) in [6.45, 7) is 6.17. The highest BCUT2D eigenvalue weighted by Gasteiger charge is 2.34. The molecule has 2 aliphatic rings. The van der Waals surface area contributed by atoms with Gasteiger partial charge in [-0.1, -0.05) is 18.8 Å². The van der Waals surface area contributed by atoms with E-state index in [0.29, 0.717) is 23.6 Å². The largest absolute Gasteiger partial charge is 0.497 e. The Labute approximate surface area is 208 Å². The molecular formula is C28H35N3O4. The smallest absolute Gasteiger partial charge is 0.259 e. The summed E-state index contributed by atoms with van der Waals surface area (Å²) in [6, 6.07) is 8.92. The van der Waals surface area contributed by atoms with Crippen LogP contribution in [0, 0.1) is 23.7 Å². The van der Waals surface area contributed by atoms with Crippen molar-refractivity contribution < 1.29 is 19.4 Å². The van der Waals surface area contributed by atoms with E-state index < -0.39 is 0 Å². The predicted molar refractivity (Wildman–Crippen MR) is 135 cm³/mol. The first-order valence-electron chi connectivity index (χ1n) is 12.3. The summed E-state index contributed by atoms with van der Waals surface area (Å²) < 4.78 is 11.6. The molecule has 35 heavy (non-hydrogen) atoms. The van der Waals surface area contributed by atoms with Gasteiger partial charge in [-0.2, -0.15) is 0 Å². The van der Waals surface area contributed by atoms with Gasteiger partial charge in [0.05, 0.1) is 19.8 Å². The molecule has 0 saturated heterocycles. The van der Waals surface area contributed by atoms with Crippen LogP contribution in [0.2, 0.25) is 0 Å². The van der Waals surface area contributed by atoms with Crippen molar-refractivity contribution in [2.75, 3.05) is 40.4 Å². The fraction of sp³-hybridized carbons (Fsp3) is 0.500.